The first kappa shape index (κ1) is 19.8. The van der Waals surface area contributed by atoms with Gasteiger partial charge in [-0.2, -0.15) is 0 Å². The molecule has 0 aliphatic heterocycles. The van der Waals surface area contributed by atoms with Crippen LogP contribution in [0, 0.1) is 13.8 Å². The molecule has 106 valence electrons. The van der Waals surface area contributed by atoms with Gasteiger partial charge in [0.25, 0.3) is 0 Å². The Morgan fingerprint density at radius 2 is 1.56 bits per heavy atom. The quantitative estimate of drug-likeness (QED) is 0.740. The molecule has 0 unspecified atom stereocenters. The van der Waals surface area contributed by atoms with Gasteiger partial charge in [-0.05, 0) is 62.4 Å². The van der Waals surface area contributed by atoms with Crippen molar-refractivity contribution in [3.8, 4) is 0 Å². The van der Waals surface area contributed by atoms with Gasteiger partial charge in [0, 0.05) is 5.02 Å². The molecule has 1 nitrogen and oxygen atoms in total. The number of unbranched alkanes of at least 4 members (excludes halogenated alkanes) is 1. The highest BCUT2D eigenvalue weighted by Gasteiger charge is 2.01. The van der Waals surface area contributed by atoms with Crippen LogP contribution in [0.3, 0.4) is 0 Å². The van der Waals surface area contributed by atoms with Crippen LogP contribution in [0.2, 0.25) is 5.02 Å². The van der Waals surface area contributed by atoms with Gasteiger partial charge >= 0.3 is 0 Å². The Morgan fingerprint density at radius 1 is 1.00 bits per heavy atom. The van der Waals surface area contributed by atoms with Gasteiger partial charge < -0.3 is 5.73 Å². The number of rotatable bonds is 4. The first-order chi connectivity index (χ1) is 8.65. The average molecular weight is 272 g/mol. The summed E-state index contributed by atoms with van der Waals surface area (Å²) in [6, 6.07) is 4.29. The van der Waals surface area contributed by atoms with Gasteiger partial charge in [0.15, 0.2) is 0 Å². The van der Waals surface area contributed by atoms with Crippen molar-refractivity contribution in [3.63, 3.8) is 0 Å². The fourth-order valence-electron chi connectivity index (χ4n) is 1.51. The zero-order valence-electron chi connectivity index (χ0n) is 12.9. The highest BCUT2D eigenvalue weighted by molar-refractivity contribution is 6.31. The van der Waals surface area contributed by atoms with Gasteiger partial charge in [0.2, 0.25) is 0 Å². The van der Waals surface area contributed by atoms with E-state index in [0.717, 1.165) is 30.8 Å². The minimum absolute atomic E-state index is 0.776. The molecule has 18 heavy (non-hydrogen) atoms. The average Bonchev–Trinajstić information content (AvgIpc) is 2.41. The van der Waals surface area contributed by atoms with E-state index in [1.54, 1.807) is 0 Å². The molecule has 0 saturated carbocycles. The van der Waals surface area contributed by atoms with Crippen LogP contribution in [0.15, 0.2) is 12.1 Å². The van der Waals surface area contributed by atoms with Crippen LogP contribution >= 0.6 is 11.6 Å². The maximum atomic E-state index is 6.11. The van der Waals surface area contributed by atoms with Crippen LogP contribution in [0.25, 0.3) is 0 Å². The molecule has 0 saturated heterocycles. The molecular formula is C16H30ClN. The lowest BCUT2D eigenvalue weighted by atomic mass is 10.0. The van der Waals surface area contributed by atoms with Crippen LogP contribution in [-0.4, -0.2) is 6.54 Å². The molecule has 0 aliphatic carbocycles. The zero-order chi connectivity index (χ0) is 14.6. The fourth-order valence-corrected chi connectivity index (χ4v) is 1.79. The van der Waals surface area contributed by atoms with Crippen molar-refractivity contribution in [3.05, 3.63) is 33.8 Å². The monoisotopic (exact) mass is 271 g/mol. The third kappa shape index (κ3) is 7.73. The number of aryl methyl sites for hydroxylation is 2. The van der Waals surface area contributed by atoms with Crippen LogP contribution in [0.5, 0.6) is 0 Å². The van der Waals surface area contributed by atoms with Crippen LogP contribution in [-0.2, 0) is 6.42 Å². The predicted octanol–water partition coefficient (Wildman–Crippen LogP) is 5.29. The molecule has 0 radical (unpaired) electrons. The van der Waals surface area contributed by atoms with Crippen LogP contribution in [0.4, 0.5) is 0 Å². The van der Waals surface area contributed by atoms with E-state index >= 15 is 0 Å². The molecule has 0 fully saturated rings. The molecule has 0 spiro atoms. The summed E-state index contributed by atoms with van der Waals surface area (Å²) >= 11 is 6.11. The SMILES string of the molecule is CC.CC.Cc1cc(CCCCN)cc(Cl)c1C. The molecule has 0 atom stereocenters. The summed E-state index contributed by atoms with van der Waals surface area (Å²) in [5.41, 5.74) is 9.24. The summed E-state index contributed by atoms with van der Waals surface area (Å²) in [7, 11) is 0. The largest absolute Gasteiger partial charge is 0.330 e. The van der Waals surface area contributed by atoms with E-state index in [-0.39, 0.29) is 0 Å². The standard InChI is InChI=1S/C12H18ClN.2C2H6/c1-9-7-11(5-3-4-6-14)8-12(13)10(9)2;2*1-2/h7-8H,3-6,14H2,1-2H3;2*1-2H3. The highest BCUT2D eigenvalue weighted by atomic mass is 35.5. The van der Waals surface area contributed by atoms with Gasteiger partial charge in [0.1, 0.15) is 0 Å². The van der Waals surface area contributed by atoms with Crippen LogP contribution < -0.4 is 5.73 Å². The van der Waals surface area contributed by atoms with Gasteiger partial charge in [-0.1, -0.05) is 45.4 Å². The number of hydrogen-bond acceptors (Lipinski definition) is 1. The number of benzene rings is 1. The van der Waals surface area contributed by atoms with Crippen molar-refractivity contribution in [2.24, 2.45) is 5.73 Å². The summed E-state index contributed by atoms with van der Waals surface area (Å²) in [5, 5.41) is 0.882. The Morgan fingerprint density at radius 3 is 2.00 bits per heavy atom. The van der Waals surface area contributed by atoms with Gasteiger partial charge in [-0.15, -0.1) is 0 Å². The van der Waals surface area contributed by atoms with E-state index in [0.29, 0.717) is 0 Å². The van der Waals surface area contributed by atoms with Gasteiger partial charge in [0.05, 0.1) is 0 Å². The van der Waals surface area contributed by atoms with Crippen molar-refractivity contribution in [2.45, 2.75) is 60.8 Å². The van der Waals surface area contributed by atoms with E-state index in [1.807, 2.05) is 27.7 Å². The topological polar surface area (TPSA) is 26.0 Å². The second-order valence-corrected chi connectivity index (χ2v) is 4.17. The summed E-state index contributed by atoms with van der Waals surface area (Å²) in [5.74, 6) is 0. The number of nitrogens with two attached hydrogens (primary N) is 1. The first-order valence-corrected chi connectivity index (χ1v) is 7.48. The summed E-state index contributed by atoms with van der Waals surface area (Å²) < 4.78 is 0. The van der Waals surface area contributed by atoms with Gasteiger partial charge in [-0.25, -0.2) is 0 Å². The lowest BCUT2D eigenvalue weighted by Crippen LogP contribution is -1.99. The molecule has 2 heteroatoms. The predicted molar refractivity (Wildman–Crippen MR) is 85.6 cm³/mol. The van der Waals surface area contributed by atoms with Crippen LogP contribution in [0.1, 0.15) is 57.2 Å². The lowest BCUT2D eigenvalue weighted by Gasteiger charge is -2.07. The van der Waals surface area contributed by atoms with Crippen molar-refractivity contribution in [1.29, 1.82) is 0 Å². The van der Waals surface area contributed by atoms with Crippen molar-refractivity contribution in [2.75, 3.05) is 6.54 Å². The molecule has 0 amide bonds. The highest BCUT2D eigenvalue weighted by Crippen LogP contribution is 2.21. The Labute approximate surface area is 119 Å². The summed E-state index contributed by atoms with van der Waals surface area (Å²) in [4.78, 5) is 0. The molecular weight excluding hydrogens is 242 g/mol. The van der Waals surface area contributed by atoms with E-state index in [9.17, 15) is 0 Å². The molecule has 2 N–H and O–H groups in total. The maximum Gasteiger partial charge on any atom is 0.0440 e. The third-order valence-electron chi connectivity index (χ3n) is 2.58. The second kappa shape index (κ2) is 12.9. The van der Waals surface area contributed by atoms with Crippen molar-refractivity contribution in [1.82, 2.24) is 0 Å². The van der Waals surface area contributed by atoms with Crippen molar-refractivity contribution >= 4 is 11.6 Å². The Kier molecular flexibility index (Phi) is 14.2. The second-order valence-electron chi connectivity index (χ2n) is 3.77. The Hall–Kier alpha value is -0.530. The molecule has 1 aromatic carbocycles. The molecule has 0 aliphatic rings. The molecule has 0 aromatic heterocycles. The Bertz CT molecular complexity index is 285. The normalized spacial score (nSPS) is 8.89. The summed E-state index contributed by atoms with van der Waals surface area (Å²) in [6.07, 6.45) is 3.32. The third-order valence-corrected chi connectivity index (χ3v) is 2.98. The minimum Gasteiger partial charge on any atom is -0.330 e. The Balaban J connectivity index is 0. The smallest absolute Gasteiger partial charge is 0.0440 e. The summed E-state index contributed by atoms with van der Waals surface area (Å²) in [6.45, 7) is 12.9. The zero-order valence-corrected chi connectivity index (χ0v) is 13.7. The minimum atomic E-state index is 0.776. The molecule has 0 heterocycles. The number of hydrogen-bond donors (Lipinski definition) is 1. The van der Waals surface area contributed by atoms with Gasteiger partial charge in [-0.3, -0.25) is 0 Å². The molecule has 0 bridgehead atoms. The maximum absolute atomic E-state index is 6.11. The number of halogens is 1. The van der Waals surface area contributed by atoms with E-state index in [1.165, 1.54) is 16.7 Å². The van der Waals surface area contributed by atoms with E-state index in [2.05, 4.69) is 26.0 Å². The lowest BCUT2D eigenvalue weighted by molar-refractivity contribution is 0.744. The van der Waals surface area contributed by atoms with E-state index < -0.39 is 0 Å². The first-order valence-electron chi connectivity index (χ1n) is 7.11. The van der Waals surface area contributed by atoms with Crippen molar-refractivity contribution < 1.29 is 0 Å². The fraction of sp³-hybridized carbons (Fsp3) is 0.625. The van der Waals surface area contributed by atoms with E-state index in [4.69, 9.17) is 17.3 Å². The molecule has 1 rings (SSSR count). The molecule has 1 aromatic rings.